The third-order valence-corrected chi connectivity index (χ3v) is 4.82. The zero-order chi connectivity index (χ0) is 13.3. The fraction of sp³-hybridized carbons (Fsp3) is 1.00. The van der Waals surface area contributed by atoms with Gasteiger partial charge in [0, 0.05) is 0 Å². The van der Waals surface area contributed by atoms with Crippen molar-refractivity contribution in [1.82, 2.24) is 0 Å². The minimum atomic E-state index is 0.905. The summed E-state index contributed by atoms with van der Waals surface area (Å²) in [6, 6.07) is 0. The van der Waals surface area contributed by atoms with E-state index in [1.807, 2.05) is 0 Å². The first kappa shape index (κ1) is 17.0. The van der Waals surface area contributed by atoms with Gasteiger partial charge in [0.25, 0.3) is 0 Å². The predicted molar refractivity (Wildman–Crippen MR) is 80.3 cm³/mol. The molecule has 0 saturated carbocycles. The van der Waals surface area contributed by atoms with Crippen molar-refractivity contribution in [3.8, 4) is 0 Å². The van der Waals surface area contributed by atoms with Gasteiger partial charge in [-0.25, -0.2) is 0 Å². The van der Waals surface area contributed by atoms with Gasteiger partial charge in [-0.15, -0.1) is 0 Å². The average molecular weight is 240 g/mol. The summed E-state index contributed by atoms with van der Waals surface area (Å²) in [6.45, 7) is 14.3. The summed E-state index contributed by atoms with van der Waals surface area (Å²) in [5.74, 6) is 3.69. The Bertz CT molecular complexity index is 161. The lowest BCUT2D eigenvalue weighted by molar-refractivity contribution is 0.313. The fourth-order valence-electron chi connectivity index (χ4n) is 2.40. The van der Waals surface area contributed by atoms with Crippen molar-refractivity contribution in [2.75, 3.05) is 0 Å². The summed E-state index contributed by atoms with van der Waals surface area (Å²) in [6.07, 6.45) is 9.86. The molecule has 0 aromatic heterocycles. The highest BCUT2D eigenvalue weighted by molar-refractivity contribution is 4.63. The van der Waals surface area contributed by atoms with Crippen LogP contribution in [0, 0.1) is 23.7 Å². The molecule has 0 heterocycles. The minimum Gasteiger partial charge on any atom is -0.0651 e. The first-order valence-corrected chi connectivity index (χ1v) is 8.01. The number of hydrogen-bond donors (Lipinski definition) is 0. The Labute approximate surface area is 111 Å². The van der Waals surface area contributed by atoms with Crippen LogP contribution in [0.5, 0.6) is 0 Å². The van der Waals surface area contributed by atoms with Crippen molar-refractivity contribution >= 4 is 0 Å². The first-order valence-electron chi connectivity index (χ1n) is 8.01. The van der Waals surface area contributed by atoms with E-state index in [2.05, 4.69) is 41.5 Å². The maximum Gasteiger partial charge on any atom is -0.0417 e. The summed E-state index contributed by atoms with van der Waals surface area (Å²) >= 11 is 0. The summed E-state index contributed by atoms with van der Waals surface area (Å²) in [7, 11) is 0. The summed E-state index contributed by atoms with van der Waals surface area (Å²) < 4.78 is 0. The van der Waals surface area contributed by atoms with Crippen molar-refractivity contribution < 1.29 is 0 Å². The van der Waals surface area contributed by atoms with Gasteiger partial charge in [0.15, 0.2) is 0 Å². The third kappa shape index (κ3) is 8.69. The van der Waals surface area contributed by atoms with Gasteiger partial charge in [0.1, 0.15) is 0 Å². The Morgan fingerprint density at radius 3 is 1.71 bits per heavy atom. The van der Waals surface area contributed by atoms with Crippen LogP contribution in [-0.4, -0.2) is 0 Å². The van der Waals surface area contributed by atoms with Crippen LogP contribution >= 0.6 is 0 Å². The van der Waals surface area contributed by atoms with Gasteiger partial charge in [-0.3, -0.25) is 0 Å². The second-order valence-corrected chi connectivity index (χ2v) is 6.49. The second kappa shape index (κ2) is 9.97. The molecule has 104 valence electrons. The molecule has 4 unspecified atom stereocenters. The van der Waals surface area contributed by atoms with Gasteiger partial charge >= 0.3 is 0 Å². The largest absolute Gasteiger partial charge is 0.0651 e. The summed E-state index contributed by atoms with van der Waals surface area (Å²) in [4.78, 5) is 0. The van der Waals surface area contributed by atoms with E-state index >= 15 is 0 Å². The molecule has 0 aliphatic heterocycles. The van der Waals surface area contributed by atoms with Gasteiger partial charge < -0.3 is 0 Å². The molecule has 0 nitrogen and oxygen atoms in total. The van der Waals surface area contributed by atoms with Crippen LogP contribution in [0.25, 0.3) is 0 Å². The lowest BCUT2D eigenvalue weighted by Gasteiger charge is -2.20. The van der Waals surface area contributed by atoms with Gasteiger partial charge in [0.2, 0.25) is 0 Å². The summed E-state index contributed by atoms with van der Waals surface area (Å²) in [5.41, 5.74) is 0. The van der Waals surface area contributed by atoms with Crippen molar-refractivity contribution in [3.05, 3.63) is 0 Å². The molecular weight excluding hydrogens is 204 g/mol. The first-order chi connectivity index (χ1) is 8.01. The van der Waals surface area contributed by atoms with Crippen LogP contribution in [0.15, 0.2) is 0 Å². The van der Waals surface area contributed by atoms with Crippen LogP contribution < -0.4 is 0 Å². The molecule has 0 heteroatoms. The van der Waals surface area contributed by atoms with Crippen LogP contribution in [0.1, 0.15) is 86.5 Å². The SMILES string of the molecule is CCC(C)CCCC(C)CCC(C)C(C)CC. The van der Waals surface area contributed by atoms with Gasteiger partial charge in [-0.2, -0.15) is 0 Å². The van der Waals surface area contributed by atoms with Crippen molar-refractivity contribution in [2.24, 2.45) is 23.7 Å². The van der Waals surface area contributed by atoms with E-state index in [-0.39, 0.29) is 0 Å². The molecule has 0 rings (SSSR count). The van der Waals surface area contributed by atoms with Crippen molar-refractivity contribution in [1.29, 1.82) is 0 Å². The van der Waals surface area contributed by atoms with Crippen LogP contribution in [-0.2, 0) is 0 Å². The highest BCUT2D eigenvalue weighted by Gasteiger charge is 2.12. The van der Waals surface area contributed by atoms with Crippen LogP contribution in [0.2, 0.25) is 0 Å². The molecule has 0 aromatic carbocycles. The Kier molecular flexibility index (Phi) is 9.97. The third-order valence-electron chi connectivity index (χ3n) is 4.82. The molecule has 0 fully saturated rings. The average Bonchev–Trinajstić information content (AvgIpc) is 2.34. The lowest BCUT2D eigenvalue weighted by atomic mass is 9.86. The molecule has 0 spiro atoms. The van der Waals surface area contributed by atoms with E-state index in [1.165, 1.54) is 44.9 Å². The molecule has 0 bridgehead atoms. The maximum absolute atomic E-state index is 2.44. The van der Waals surface area contributed by atoms with E-state index in [0.29, 0.717) is 0 Å². The number of rotatable bonds is 10. The molecule has 4 atom stereocenters. The molecule has 0 saturated heterocycles. The van der Waals surface area contributed by atoms with Crippen molar-refractivity contribution in [2.45, 2.75) is 86.5 Å². The van der Waals surface area contributed by atoms with E-state index in [9.17, 15) is 0 Å². The number of hydrogen-bond acceptors (Lipinski definition) is 0. The van der Waals surface area contributed by atoms with Gasteiger partial charge in [-0.1, -0.05) is 86.5 Å². The van der Waals surface area contributed by atoms with Crippen LogP contribution in [0.4, 0.5) is 0 Å². The smallest absolute Gasteiger partial charge is 0.0417 e. The Hall–Kier alpha value is 0. The quantitative estimate of drug-likeness (QED) is 0.420. The van der Waals surface area contributed by atoms with Crippen molar-refractivity contribution in [3.63, 3.8) is 0 Å². The molecule has 0 radical (unpaired) electrons. The standard InChI is InChI=1S/C17H36/c1-7-14(3)10-9-11-15(4)12-13-17(6)16(5)8-2/h14-17H,7-13H2,1-6H3. The highest BCUT2D eigenvalue weighted by atomic mass is 14.2. The molecule has 0 aromatic rings. The molecule has 0 aliphatic rings. The van der Waals surface area contributed by atoms with Crippen LogP contribution in [0.3, 0.4) is 0 Å². The minimum absolute atomic E-state index is 0.905. The molecule has 0 N–H and O–H groups in total. The topological polar surface area (TPSA) is 0 Å². The molecule has 0 aliphatic carbocycles. The normalized spacial score (nSPS) is 18.7. The molecule has 0 amide bonds. The van der Waals surface area contributed by atoms with Gasteiger partial charge in [-0.05, 0) is 23.7 Å². The molecular formula is C17H36. The Balaban J connectivity index is 3.55. The maximum atomic E-state index is 2.44. The molecule has 17 heavy (non-hydrogen) atoms. The Morgan fingerprint density at radius 2 is 1.18 bits per heavy atom. The Morgan fingerprint density at radius 1 is 0.588 bits per heavy atom. The zero-order valence-electron chi connectivity index (χ0n) is 13.3. The lowest BCUT2D eigenvalue weighted by Crippen LogP contribution is -2.08. The van der Waals surface area contributed by atoms with E-state index in [4.69, 9.17) is 0 Å². The second-order valence-electron chi connectivity index (χ2n) is 6.49. The van der Waals surface area contributed by atoms with E-state index < -0.39 is 0 Å². The van der Waals surface area contributed by atoms with Gasteiger partial charge in [0.05, 0.1) is 0 Å². The fourth-order valence-corrected chi connectivity index (χ4v) is 2.40. The highest BCUT2D eigenvalue weighted by Crippen LogP contribution is 2.24. The summed E-state index contributed by atoms with van der Waals surface area (Å²) in [5, 5.41) is 0. The monoisotopic (exact) mass is 240 g/mol. The van der Waals surface area contributed by atoms with E-state index in [0.717, 1.165) is 23.7 Å². The van der Waals surface area contributed by atoms with E-state index in [1.54, 1.807) is 0 Å². The zero-order valence-corrected chi connectivity index (χ0v) is 13.3. The predicted octanol–water partition coefficient (Wildman–Crippen LogP) is 6.30.